The first kappa shape index (κ1) is 13.2. The molecule has 0 bridgehead atoms. The third-order valence-corrected chi connectivity index (χ3v) is 2.92. The van der Waals surface area contributed by atoms with Crippen molar-refractivity contribution in [2.45, 2.75) is 20.4 Å². The molecule has 2 heterocycles. The van der Waals surface area contributed by atoms with E-state index in [1.807, 2.05) is 36.9 Å². The Morgan fingerprint density at radius 3 is 2.79 bits per heavy atom. The maximum Gasteiger partial charge on any atom is 0.153 e. The molecule has 0 radical (unpaired) electrons. The molecule has 0 aliphatic heterocycles. The number of pyridine rings is 2. The van der Waals surface area contributed by atoms with Gasteiger partial charge in [-0.1, -0.05) is 6.07 Å². The summed E-state index contributed by atoms with van der Waals surface area (Å²) in [6, 6.07) is 9.49. The van der Waals surface area contributed by atoms with E-state index >= 15 is 0 Å². The van der Waals surface area contributed by atoms with Crippen LogP contribution in [0.1, 0.15) is 28.7 Å². The zero-order chi connectivity index (χ0) is 13.7. The van der Waals surface area contributed by atoms with Crippen molar-refractivity contribution < 1.29 is 4.79 Å². The van der Waals surface area contributed by atoms with E-state index in [-0.39, 0.29) is 0 Å². The summed E-state index contributed by atoms with van der Waals surface area (Å²) in [5.41, 5.74) is 2.58. The second-order valence-corrected chi connectivity index (χ2v) is 4.32. The molecule has 2 rings (SSSR count). The molecular weight excluding hydrogens is 238 g/mol. The van der Waals surface area contributed by atoms with E-state index in [9.17, 15) is 4.79 Å². The number of nitrogens with zero attached hydrogens (tertiary/aromatic N) is 3. The molecule has 0 spiro atoms. The fourth-order valence-electron chi connectivity index (χ4n) is 1.99. The molecule has 0 aromatic carbocycles. The summed E-state index contributed by atoms with van der Waals surface area (Å²) >= 11 is 0. The lowest BCUT2D eigenvalue weighted by molar-refractivity contribution is 0.112. The Balaban J connectivity index is 2.27. The van der Waals surface area contributed by atoms with Crippen molar-refractivity contribution >= 4 is 12.1 Å². The second kappa shape index (κ2) is 6.09. The minimum absolute atomic E-state index is 0.608. The average Bonchev–Trinajstić information content (AvgIpc) is 2.45. The van der Waals surface area contributed by atoms with Crippen molar-refractivity contribution in [3.63, 3.8) is 0 Å². The quantitative estimate of drug-likeness (QED) is 0.770. The van der Waals surface area contributed by atoms with Gasteiger partial charge in [-0.3, -0.25) is 9.78 Å². The molecule has 0 N–H and O–H groups in total. The van der Waals surface area contributed by atoms with Crippen molar-refractivity contribution in [1.82, 2.24) is 9.97 Å². The molecule has 0 saturated heterocycles. The summed E-state index contributed by atoms with van der Waals surface area (Å²) in [5.74, 6) is 0.711. The minimum Gasteiger partial charge on any atom is -0.350 e. The Hall–Kier alpha value is -2.23. The summed E-state index contributed by atoms with van der Waals surface area (Å²) in [5, 5.41) is 0. The maximum absolute atomic E-state index is 11.1. The minimum atomic E-state index is 0.608. The van der Waals surface area contributed by atoms with Crippen LogP contribution in [0.3, 0.4) is 0 Å². The lowest BCUT2D eigenvalue weighted by atomic mass is 10.2. The van der Waals surface area contributed by atoms with E-state index < -0.39 is 0 Å². The van der Waals surface area contributed by atoms with Crippen molar-refractivity contribution in [1.29, 1.82) is 0 Å². The van der Waals surface area contributed by atoms with E-state index in [0.29, 0.717) is 17.9 Å². The fourth-order valence-corrected chi connectivity index (χ4v) is 1.99. The molecule has 0 amide bonds. The maximum atomic E-state index is 11.1. The highest BCUT2D eigenvalue weighted by Crippen LogP contribution is 2.17. The number of anilines is 1. The number of hydrogen-bond donors (Lipinski definition) is 0. The predicted molar refractivity (Wildman–Crippen MR) is 75.3 cm³/mol. The highest BCUT2D eigenvalue weighted by atomic mass is 16.1. The third-order valence-electron chi connectivity index (χ3n) is 2.92. The second-order valence-electron chi connectivity index (χ2n) is 4.32. The number of aromatic nitrogens is 2. The highest BCUT2D eigenvalue weighted by molar-refractivity contribution is 5.82. The molecule has 98 valence electrons. The predicted octanol–water partition coefficient (Wildman–Crippen LogP) is 2.62. The van der Waals surface area contributed by atoms with Gasteiger partial charge in [0.05, 0.1) is 17.8 Å². The zero-order valence-electron chi connectivity index (χ0n) is 11.2. The Morgan fingerprint density at radius 1 is 1.26 bits per heavy atom. The monoisotopic (exact) mass is 255 g/mol. The van der Waals surface area contributed by atoms with Crippen LogP contribution in [0.4, 0.5) is 5.82 Å². The van der Waals surface area contributed by atoms with Gasteiger partial charge in [-0.25, -0.2) is 4.98 Å². The van der Waals surface area contributed by atoms with Gasteiger partial charge in [0, 0.05) is 18.4 Å². The standard InChI is InChI=1S/C15H17N3O/c1-3-18(10-14-8-4-6-12(2)17-14)15-13(11-19)7-5-9-16-15/h4-9,11H,3,10H2,1-2H3. The van der Waals surface area contributed by atoms with E-state index in [0.717, 1.165) is 24.2 Å². The van der Waals surface area contributed by atoms with Gasteiger partial charge in [0.2, 0.25) is 0 Å². The van der Waals surface area contributed by atoms with E-state index in [2.05, 4.69) is 9.97 Å². The van der Waals surface area contributed by atoms with Crippen LogP contribution in [-0.2, 0) is 6.54 Å². The number of aldehydes is 1. The van der Waals surface area contributed by atoms with Crippen LogP contribution in [-0.4, -0.2) is 22.8 Å². The van der Waals surface area contributed by atoms with Gasteiger partial charge in [-0.15, -0.1) is 0 Å². The van der Waals surface area contributed by atoms with Gasteiger partial charge >= 0.3 is 0 Å². The number of aryl methyl sites for hydroxylation is 1. The van der Waals surface area contributed by atoms with Crippen molar-refractivity contribution in [2.75, 3.05) is 11.4 Å². The smallest absolute Gasteiger partial charge is 0.153 e. The first-order valence-electron chi connectivity index (χ1n) is 6.32. The van der Waals surface area contributed by atoms with E-state index in [1.54, 1.807) is 18.3 Å². The molecule has 4 nitrogen and oxygen atoms in total. The van der Waals surface area contributed by atoms with Gasteiger partial charge in [0.1, 0.15) is 5.82 Å². The van der Waals surface area contributed by atoms with E-state index in [4.69, 9.17) is 0 Å². The summed E-state index contributed by atoms with van der Waals surface area (Å²) in [6.07, 6.45) is 2.54. The molecule has 4 heteroatoms. The number of carbonyl (C=O) groups is 1. The van der Waals surface area contributed by atoms with Crippen LogP contribution in [0.25, 0.3) is 0 Å². The number of hydrogen-bond acceptors (Lipinski definition) is 4. The Bertz CT molecular complexity index is 569. The Kier molecular flexibility index (Phi) is 4.23. The van der Waals surface area contributed by atoms with Crippen LogP contribution in [0, 0.1) is 6.92 Å². The molecule has 0 saturated carbocycles. The first-order valence-corrected chi connectivity index (χ1v) is 6.32. The molecule has 2 aromatic rings. The van der Waals surface area contributed by atoms with Gasteiger partial charge in [-0.05, 0) is 38.1 Å². The van der Waals surface area contributed by atoms with Crippen LogP contribution >= 0.6 is 0 Å². The summed E-state index contributed by atoms with van der Waals surface area (Å²) in [7, 11) is 0. The van der Waals surface area contributed by atoms with Crippen molar-refractivity contribution in [3.05, 3.63) is 53.5 Å². The Labute approximate surface area is 113 Å². The largest absolute Gasteiger partial charge is 0.350 e. The van der Waals surface area contributed by atoms with Crippen molar-refractivity contribution in [2.24, 2.45) is 0 Å². The molecule has 0 aliphatic carbocycles. The third kappa shape index (κ3) is 3.16. The van der Waals surface area contributed by atoms with Gasteiger partial charge in [0.25, 0.3) is 0 Å². The molecular formula is C15H17N3O. The highest BCUT2D eigenvalue weighted by Gasteiger charge is 2.11. The topological polar surface area (TPSA) is 46.1 Å². The van der Waals surface area contributed by atoms with Gasteiger partial charge in [-0.2, -0.15) is 0 Å². The van der Waals surface area contributed by atoms with Crippen LogP contribution in [0.15, 0.2) is 36.5 Å². The fraction of sp³-hybridized carbons (Fsp3) is 0.267. The summed E-state index contributed by atoms with van der Waals surface area (Å²) in [6.45, 7) is 5.43. The number of carbonyl (C=O) groups excluding carboxylic acids is 1. The lowest BCUT2D eigenvalue weighted by Crippen LogP contribution is -2.25. The van der Waals surface area contributed by atoms with Crippen LogP contribution in [0.2, 0.25) is 0 Å². The average molecular weight is 255 g/mol. The SMILES string of the molecule is CCN(Cc1cccc(C)n1)c1ncccc1C=O. The van der Waals surface area contributed by atoms with Gasteiger partial charge < -0.3 is 4.90 Å². The summed E-state index contributed by atoms with van der Waals surface area (Å²) in [4.78, 5) is 21.9. The van der Waals surface area contributed by atoms with Crippen molar-refractivity contribution in [3.8, 4) is 0 Å². The Morgan fingerprint density at radius 2 is 2.11 bits per heavy atom. The zero-order valence-corrected chi connectivity index (χ0v) is 11.2. The molecule has 19 heavy (non-hydrogen) atoms. The first-order chi connectivity index (χ1) is 9.24. The normalized spacial score (nSPS) is 10.2. The molecule has 2 aromatic heterocycles. The molecule has 0 aliphatic rings. The summed E-state index contributed by atoms with van der Waals surface area (Å²) < 4.78 is 0. The molecule has 0 atom stereocenters. The lowest BCUT2D eigenvalue weighted by Gasteiger charge is -2.22. The molecule has 0 fully saturated rings. The van der Waals surface area contributed by atoms with Crippen LogP contribution in [0.5, 0.6) is 0 Å². The van der Waals surface area contributed by atoms with E-state index in [1.165, 1.54) is 0 Å². The number of rotatable bonds is 5. The van der Waals surface area contributed by atoms with Gasteiger partial charge in [0.15, 0.2) is 6.29 Å². The molecule has 0 unspecified atom stereocenters. The van der Waals surface area contributed by atoms with Crippen LogP contribution < -0.4 is 4.90 Å².